The number of hydrogen-bond acceptors (Lipinski definition) is 4. The monoisotopic (exact) mass is 437 g/mol. The van der Waals surface area contributed by atoms with Gasteiger partial charge >= 0.3 is 6.03 Å². The highest BCUT2D eigenvalue weighted by atomic mass is 35.5. The molecule has 1 unspecified atom stereocenters. The molecule has 1 saturated heterocycles. The average Bonchev–Trinajstić information content (AvgIpc) is 2.79. The summed E-state index contributed by atoms with van der Waals surface area (Å²) in [6.07, 6.45) is 3.67. The van der Waals surface area contributed by atoms with Gasteiger partial charge in [-0.3, -0.25) is 9.78 Å². The highest BCUT2D eigenvalue weighted by Gasteiger charge is 2.30. The molecule has 1 aromatic heterocycles. The molecule has 1 atom stereocenters. The van der Waals surface area contributed by atoms with E-state index in [2.05, 4.69) is 32.7 Å². The molecule has 0 bridgehead atoms. The molecule has 8 heteroatoms. The number of benzene rings is 2. The van der Waals surface area contributed by atoms with Gasteiger partial charge in [-0.05, 0) is 37.3 Å². The lowest BCUT2D eigenvalue weighted by Crippen LogP contribution is -2.54. The number of pyridine rings is 1. The topological polar surface area (TPSA) is 77.6 Å². The quantitative estimate of drug-likeness (QED) is 0.649. The van der Waals surface area contributed by atoms with E-state index in [0.29, 0.717) is 35.9 Å². The first kappa shape index (κ1) is 20.9. The van der Waals surface area contributed by atoms with E-state index in [1.54, 1.807) is 24.4 Å². The van der Waals surface area contributed by atoms with E-state index in [1.165, 1.54) is 7.05 Å². The van der Waals surface area contributed by atoms with Crippen molar-refractivity contribution in [2.24, 2.45) is 0 Å². The molecule has 31 heavy (non-hydrogen) atoms. The molecule has 3 amide bonds. The molecule has 2 N–H and O–H groups in total. The zero-order chi connectivity index (χ0) is 22.0. The Balaban J connectivity index is 1.53. The van der Waals surface area contributed by atoms with Crippen LogP contribution in [-0.2, 0) is 0 Å². The van der Waals surface area contributed by atoms with Crippen molar-refractivity contribution in [3.63, 3.8) is 0 Å². The fourth-order valence-corrected chi connectivity index (χ4v) is 4.17. The molecule has 7 nitrogen and oxygen atoms in total. The van der Waals surface area contributed by atoms with Crippen LogP contribution in [0.3, 0.4) is 0 Å². The highest BCUT2D eigenvalue weighted by Crippen LogP contribution is 2.29. The van der Waals surface area contributed by atoms with Crippen molar-refractivity contribution < 1.29 is 9.59 Å². The molecule has 2 heterocycles. The first-order valence-corrected chi connectivity index (χ1v) is 10.5. The van der Waals surface area contributed by atoms with E-state index < -0.39 is 0 Å². The number of carbonyl (C=O) groups is 2. The summed E-state index contributed by atoms with van der Waals surface area (Å²) in [6, 6.07) is 12.8. The van der Waals surface area contributed by atoms with Crippen LogP contribution in [0.4, 0.5) is 16.2 Å². The van der Waals surface area contributed by atoms with Crippen LogP contribution in [0.5, 0.6) is 0 Å². The Morgan fingerprint density at radius 3 is 2.77 bits per heavy atom. The number of carbonyl (C=O) groups excluding carboxylic acids is 2. The molecule has 160 valence electrons. The summed E-state index contributed by atoms with van der Waals surface area (Å²) in [7, 11) is 1.53. The van der Waals surface area contributed by atoms with Gasteiger partial charge in [-0.1, -0.05) is 23.7 Å². The number of fused-ring (bicyclic) bond motifs is 1. The predicted molar refractivity (Wildman–Crippen MR) is 124 cm³/mol. The van der Waals surface area contributed by atoms with Crippen LogP contribution in [0.2, 0.25) is 5.02 Å². The number of nitrogens with zero attached hydrogens (tertiary/aromatic N) is 3. The van der Waals surface area contributed by atoms with Gasteiger partial charge < -0.3 is 20.4 Å². The van der Waals surface area contributed by atoms with Gasteiger partial charge in [0, 0.05) is 67.3 Å². The number of amides is 3. The summed E-state index contributed by atoms with van der Waals surface area (Å²) in [5, 5.41) is 7.79. The maximum Gasteiger partial charge on any atom is 0.318 e. The third-order valence-corrected chi connectivity index (χ3v) is 5.90. The number of halogens is 1. The van der Waals surface area contributed by atoms with Crippen LogP contribution in [0, 0.1) is 0 Å². The molecule has 0 spiro atoms. The summed E-state index contributed by atoms with van der Waals surface area (Å²) in [4.78, 5) is 33.2. The van der Waals surface area contributed by atoms with Gasteiger partial charge in [-0.15, -0.1) is 0 Å². The number of rotatable bonds is 3. The van der Waals surface area contributed by atoms with E-state index in [1.807, 2.05) is 30.2 Å². The molecule has 0 saturated carbocycles. The van der Waals surface area contributed by atoms with Crippen LogP contribution in [-0.4, -0.2) is 54.5 Å². The maximum absolute atomic E-state index is 13.3. The Kier molecular flexibility index (Phi) is 5.95. The van der Waals surface area contributed by atoms with Crippen molar-refractivity contribution >= 4 is 45.7 Å². The van der Waals surface area contributed by atoms with Gasteiger partial charge in [0.15, 0.2) is 0 Å². The fraction of sp³-hybridized carbons (Fsp3) is 0.261. The van der Waals surface area contributed by atoms with Crippen LogP contribution in [0.15, 0.2) is 54.9 Å². The average molecular weight is 438 g/mol. The van der Waals surface area contributed by atoms with E-state index in [9.17, 15) is 9.59 Å². The second kappa shape index (κ2) is 8.81. The third kappa shape index (κ3) is 4.27. The first-order valence-electron chi connectivity index (χ1n) is 10.1. The van der Waals surface area contributed by atoms with E-state index in [0.717, 1.165) is 16.5 Å². The Morgan fingerprint density at radius 2 is 2.00 bits per heavy atom. The minimum Gasteiger partial charge on any atom is -0.367 e. The summed E-state index contributed by atoms with van der Waals surface area (Å²) in [6.45, 7) is 4.04. The van der Waals surface area contributed by atoms with Gasteiger partial charge in [0.2, 0.25) is 0 Å². The van der Waals surface area contributed by atoms with Crippen molar-refractivity contribution in [1.82, 2.24) is 15.2 Å². The molecule has 1 aliphatic rings. The fourth-order valence-electron chi connectivity index (χ4n) is 3.97. The minimum atomic E-state index is -0.354. The molecule has 0 aliphatic carbocycles. The lowest BCUT2D eigenvalue weighted by Gasteiger charge is -2.41. The van der Waals surface area contributed by atoms with E-state index in [4.69, 9.17) is 11.6 Å². The van der Waals surface area contributed by atoms with E-state index in [-0.39, 0.29) is 18.0 Å². The van der Waals surface area contributed by atoms with Crippen molar-refractivity contribution in [1.29, 1.82) is 0 Å². The van der Waals surface area contributed by atoms with Gasteiger partial charge in [0.25, 0.3) is 5.91 Å². The van der Waals surface area contributed by atoms with Gasteiger partial charge in [0.05, 0.1) is 10.6 Å². The molecular weight excluding hydrogens is 414 g/mol. The highest BCUT2D eigenvalue weighted by molar-refractivity contribution is 6.34. The summed E-state index contributed by atoms with van der Waals surface area (Å²) < 4.78 is 0. The number of urea groups is 1. The van der Waals surface area contributed by atoms with Crippen LogP contribution in [0.25, 0.3) is 10.8 Å². The van der Waals surface area contributed by atoms with Crippen LogP contribution in [0.1, 0.15) is 17.3 Å². The number of piperazine rings is 1. The van der Waals surface area contributed by atoms with Gasteiger partial charge in [0.1, 0.15) is 0 Å². The predicted octanol–water partition coefficient (Wildman–Crippen LogP) is 3.99. The van der Waals surface area contributed by atoms with Crippen LogP contribution < -0.4 is 15.5 Å². The second-order valence-corrected chi connectivity index (χ2v) is 7.97. The summed E-state index contributed by atoms with van der Waals surface area (Å²) in [5.41, 5.74) is 2.04. The standard InChI is InChI=1S/C23H24ClN5O2/c1-15-14-28(21-5-3-4-16-13-26-9-8-18(16)21)10-11-29(15)22(30)19-12-17(6-7-20(19)24)27-23(31)25-2/h3-9,12-13,15H,10-11,14H2,1-2H3,(H2,25,27,31). The van der Waals surface area contributed by atoms with Crippen molar-refractivity contribution in [3.8, 4) is 0 Å². The number of nitrogens with one attached hydrogen (secondary N) is 2. The Labute approximate surface area is 186 Å². The minimum absolute atomic E-state index is 0.00929. The van der Waals surface area contributed by atoms with Crippen LogP contribution >= 0.6 is 11.6 Å². The first-order chi connectivity index (χ1) is 15.0. The Morgan fingerprint density at radius 1 is 1.16 bits per heavy atom. The molecule has 2 aromatic carbocycles. The summed E-state index contributed by atoms with van der Waals surface area (Å²) in [5.74, 6) is -0.139. The lowest BCUT2D eigenvalue weighted by atomic mass is 10.1. The Bertz CT molecular complexity index is 1130. The van der Waals surface area contributed by atoms with Gasteiger partial charge in [-0.2, -0.15) is 0 Å². The molecule has 0 radical (unpaired) electrons. The zero-order valence-corrected chi connectivity index (χ0v) is 18.2. The lowest BCUT2D eigenvalue weighted by molar-refractivity contribution is 0.0674. The molecule has 1 aliphatic heterocycles. The van der Waals surface area contributed by atoms with E-state index >= 15 is 0 Å². The van der Waals surface area contributed by atoms with Crippen molar-refractivity contribution in [3.05, 3.63) is 65.4 Å². The second-order valence-electron chi connectivity index (χ2n) is 7.57. The third-order valence-electron chi connectivity index (χ3n) is 5.57. The maximum atomic E-state index is 13.3. The normalized spacial score (nSPS) is 16.3. The molecular formula is C23H24ClN5O2. The van der Waals surface area contributed by atoms with Crippen molar-refractivity contribution in [2.45, 2.75) is 13.0 Å². The van der Waals surface area contributed by atoms with Gasteiger partial charge in [-0.25, -0.2) is 4.79 Å². The molecule has 1 fully saturated rings. The van der Waals surface area contributed by atoms with Crippen molar-refractivity contribution in [2.75, 3.05) is 36.9 Å². The number of aromatic nitrogens is 1. The number of hydrogen-bond donors (Lipinski definition) is 2. The molecule has 3 aromatic rings. The zero-order valence-electron chi connectivity index (χ0n) is 17.4. The Hall–Kier alpha value is -3.32. The largest absolute Gasteiger partial charge is 0.367 e. The SMILES string of the molecule is CNC(=O)Nc1ccc(Cl)c(C(=O)N2CCN(c3cccc4cnccc34)CC2C)c1. The smallest absolute Gasteiger partial charge is 0.318 e. The summed E-state index contributed by atoms with van der Waals surface area (Å²) >= 11 is 6.33. The molecule has 4 rings (SSSR count). The number of anilines is 2.